The van der Waals surface area contributed by atoms with Crippen molar-refractivity contribution in [3.05, 3.63) is 35.4 Å². The molecule has 23 heavy (non-hydrogen) atoms. The molecule has 0 aromatic heterocycles. The number of hydrogen-bond acceptors (Lipinski definition) is 3. The van der Waals surface area contributed by atoms with Crippen LogP contribution in [0.1, 0.15) is 30.0 Å². The first-order chi connectivity index (χ1) is 11.0. The molecule has 0 radical (unpaired) electrons. The molecule has 2 amide bonds. The van der Waals surface area contributed by atoms with E-state index in [-0.39, 0.29) is 12.1 Å². The van der Waals surface area contributed by atoms with Gasteiger partial charge in [-0.2, -0.15) is 0 Å². The van der Waals surface area contributed by atoms with Crippen molar-refractivity contribution in [1.82, 2.24) is 15.1 Å². The molecule has 0 aliphatic carbocycles. The molecule has 1 heterocycles. The number of nitrogens with zero attached hydrogens (tertiary/aromatic N) is 2. The number of piperidine rings is 1. The molecule has 5 nitrogen and oxygen atoms in total. The number of amides is 2. The predicted octanol–water partition coefficient (Wildman–Crippen LogP) is 2.42. The quantitative estimate of drug-likeness (QED) is 0.906. The summed E-state index contributed by atoms with van der Waals surface area (Å²) in [5, 5.41) is 3.10. The largest absolute Gasteiger partial charge is 0.381 e. The van der Waals surface area contributed by atoms with E-state index in [1.54, 1.807) is 7.11 Å². The Bertz CT molecular complexity index is 511. The monoisotopic (exact) mass is 319 g/mol. The average molecular weight is 319 g/mol. The second-order valence-electron chi connectivity index (χ2n) is 6.44. The zero-order chi connectivity index (χ0) is 16.8. The summed E-state index contributed by atoms with van der Waals surface area (Å²) >= 11 is 0. The predicted molar refractivity (Wildman–Crippen MR) is 92.6 cm³/mol. The third kappa shape index (κ3) is 4.69. The van der Waals surface area contributed by atoms with Crippen LogP contribution in [-0.2, 0) is 4.74 Å². The van der Waals surface area contributed by atoms with Gasteiger partial charge in [0.1, 0.15) is 0 Å². The summed E-state index contributed by atoms with van der Waals surface area (Å²) in [4.78, 5) is 16.4. The van der Waals surface area contributed by atoms with Crippen molar-refractivity contribution in [3.63, 3.8) is 0 Å². The van der Waals surface area contributed by atoms with Gasteiger partial charge in [0.05, 0.1) is 12.1 Å². The molecule has 1 aromatic carbocycles. The fraction of sp³-hybridized carbons (Fsp3) is 0.611. The highest BCUT2D eigenvalue weighted by molar-refractivity contribution is 5.74. The van der Waals surface area contributed by atoms with Crippen LogP contribution in [-0.4, -0.2) is 62.8 Å². The Morgan fingerprint density at radius 2 is 2.00 bits per heavy atom. The van der Waals surface area contributed by atoms with E-state index in [2.05, 4.69) is 35.3 Å². The number of carbonyl (C=O) groups excluding carboxylic acids is 1. The van der Waals surface area contributed by atoms with Gasteiger partial charge < -0.3 is 19.9 Å². The smallest absolute Gasteiger partial charge is 0.317 e. The first kappa shape index (κ1) is 17.8. The summed E-state index contributed by atoms with van der Waals surface area (Å²) in [7, 11) is 5.84. The summed E-state index contributed by atoms with van der Waals surface area (Å²) < 4.78 is 5.35. The Morgan fingerprint density at radius 3 is 2.57 bits per heavy atom. The number of rotatable bonds is 5. The van der Waals surface area contributed by atoms with Gasteiger partial charge in [-0.15, -0.1) is 0 Å². The molecule has 1 aliphatic heterocycles. The van der Waals surface area contributed by atoms with Crippen LogP contribution >= 0.6 is 0 Å². The van der Waals surface area contributed by atoms with Gasteiger partial charge in [-0.1, -0.05) is 24.3 Å². The summed E-state index contributed by atoms with van der Waals surface area (Å²) in [6, 6.07) is 8.55. The van der Waals surface area contributed by atoms with E-state index in [9.17, 15) is 4.79 Å². The highest BCUT2D eigenvalue weighted by Gasteiger charge is 2.23. The maximum atomic E-state index is 12.4. The van der Waals surface area contributed by atoms with Crippen molar-refractivity contribution in [2.75, 3.05) is 40.8 Å². The zero-order valence-electron chi connectivity index (χ0n) is 14.7. The maximum Gasteiger partial charge on any atom is 0.317 e. The lowest BCUT2D eigenvalue weighted by Gasteiger charge is -2.32. The van der Waals surface area contributed by atoms with Crippen LogP contribution in [0.15, 0.2) is 24.3 Å². The molecule has 1 aliphatic rings. The summed E-state index contributed by atoms with van der Waals surface area (Å²) in [6.45, 7) is 4.26. The SMILES string of the molecule is COC1CCN(C(=O)NCC(c2ccccc2C)N(C)C)CC1. The summed E-state index contributed by atoms with van der Waals surface area (Å²) in [5.41, 5.74) is 2.51. The van der Waals surface area contributed by atoms with Crippen LogP contribution in [0.3, 0.4) is 0 Å². The summed E-state index contributed by atoms with van der Waals surface area (Å²) in [6.07, 6.45) is 2.12. The molecule has 1 saturated heterocycles. The van der Waals surface area contributed by atoms with Gasteiger partial charge in [0.2, 0.25) is 0 Å². The number of likely N-dealkylation sites (N-methyl/N-ethyl adjacent to an activating group) is 1. The number of aryl methyl sites for hydroxylation is 1. The molecule has 2 rings (SSSR count). The second kappa shape index (κ2) is 8.31. The standard InChI is InChI=1S/C18H29N3O2/c1-14-7-5-6-8-16(14)17(20(2)3)13-19-18(22)21-11-9-15(23-4)10-12-21/h5-8,15,17H,9-13H2,1-4H3,(H,19,22). The van der Waals surface area contributed by atoms with Crippen LogP contribution in [0.5, 0.6) is 0 Å². The first-order valence-electron chi connectivity index (χ1n) is 8.30. The molecule has 1 aromatic rings. The van der Waals surface area contributed by atoms with Crippen molar-refractivity contribution in [2.24, 2.45) is 0 Å². The van der Waals surface area contributed by atoms with Gasteiger partial charge in [-0.3, -0.25) is 0 Å². The average Bonchev–Trinajstić information content (AvgIpc) is 2.56. The van der Waals surface area contributed by atoms with Gasteiger partial charge in [-0.05, 0) is 45.0 Å². The van der Waals surface area contributed by atoms with Crippen molar-refractivity contribution in [1.29, 1.82) is 0 Å². The van der Waals surface area contributed by atoms with E-state index in [4.69, 9.17) is 4.74 Å². The minimum atomic E-state index is 0.0278. The van der Waals surface area contributed by atoms with Crippen LogP contribution in [0.2, 0.25) is 0 Å². The lowest BCUT2D eigenvalue weighted by molar-refractivity contribution is 0.0501. The van der Waals surface area contributed by atoms with Crippen molar-refractivity contribution >= 4 is 6.03 Å². The minimum absolute atomic E-state index is 0.0278. The molecule has 5 heteroatoms. The first-order valence-corrected chi connectivity index (χ1v) is 8.30. The van der Waals surface area contributed by atoms with Gasteiger partial charge in [0.25, 0.3) is 0 Å². The number of carbonyl (C=O) groups is 1. The number of urea groups is 1. The topological polar surface area (TPSA) is 44.8 Å². The number of ether oxygens (including phenoxy) is 1. The van der Waals surface area contributed by atoms with Gasteiger partial charge in [-0.25, -0.2) is 4.79 Å². The Labute approximate surface area is 139 Å². The second-order valence-corrected chi connectivity index (χ2v) is 6.44. The molecule has 1 N–H and O–H groups in total. The van der Waals surface area contributed by atoms with Crippen LogP contribution < -0.4 is 5.32 Å². The van der Waals surface area contributed by atoms with E-state index in [0.717, 1.165) is 25.9 Å². The van der Waals surface area contributed by atoms with Crippen molar-refractivity contribution < 1.29 is 9.53 Å². The van der Waals surface area contributed by atoms with E-state index in [0.29, 0.717) is 12.6 Å². The number of likely N-dealkylation sites (tertiary alicyclic amines) is 1. The van der Waals surface area contributed by atoms with Crippen LogP contribution in [0.25, 0.3) is 0 Å². The number of hydrogen-bond donors (Lipinski definition) is 1. The highest BCUT2D eigenvalue weighted by Crippen LogP contribution is 2.21. The van der Waals surface area contributed by atoms with E-state index in [1.165, 1.54) is 11.1 Å². The molecular formula is C18H29N3O2. The zero-order valence-corrected chi connectivity index (χ0v) is 14.7. The van der Waals surface area contributed by atoms with Crippen LogP contribution in [0, 0.1) is 6.92 Å². The van der Waals surface area contributed by atoms with E-state index >= 15 is 0 Å². The molecule has 0 bridgehead atoms. The molecule has 1 atom stereocenters. The molecule has 1 unspecified atom stereocenters. The lowest BCUT2D eigenvalue weighted by atomic mass is 10.0. The van der Waals surface area contributed by atoms with E-state index in [1.807, 2.05) is 25.1 Å². The Morgan fingerprint density at radius 1 is 1.35 bits per heavy atom. The van der Waals surface area contributed by atoms with E-state index < -0.39 is 0 Å². The molecular weight excluding hydrogens is 290 g/mol. The summed E-state index contributed by atoms with van der Waals surface area (Å²) in [5.74, 6) is 0. The van der Waals surface area contributed by atoms with Crippen molar-refractivity contribution in [2.45, 2.75) is 31.9 Å². The maximum absolute atomic E-state index is 12.4. The van der Waals surface area contributed by atoms with Gasteiger partial charge >= 0.3 is 6.03 Å². The minimum Gasteiger partial charge on any atom is -0.381 e. The third-order valence-corrected chi connectivity index (χ3v) is 4.68. The van der Waals surface area contributed by atoms with Gasteiger partial charge in [0.15, 0.2) is 0 Å². The molecule has 0 saturated carbocycles. The Balaban J connectivity index is 1.92. The highest BCUT2D eigenvalue weighted by atomic mass is 16.5. The fourth-order valence-electron chi connectivity index (χ4n) is 3.12. The Hall–Kier alpha value is -1.59. The number of benzene rings is 1. The Kier molecular flexibility index (Phi) is 6.42. The molecule has 1 fully saturated rings. The lowest BCUT2D eigenvalue weighted by Crippen LogP contribution is -2.47. The third-order valence-electron chi connectivity index (χ3n) is 4.68. The van der Waals surface area contributed by atoms with Crippen molar-refractivity contribution in [3.8, 4) is 0 Å². The molecule has 0 spiro atoms. The number of nitrogens with one attached hydrogen (secondary N) is 1. The number of methoxy groups -OCH3 is 1. The fourth-order valence-corrected chi connectivity index (χ4v) is 3.12. The van der Waals surface area contributed by atoms with Gasteiger partial charge in [0, 0.05) is 26.7 Å². The normalized spacial score (nSPS) is 17.3. The molecule has 128 valence electrons. The van der Waals surface area contributed by atoms with Crippen LogP contribution in [0.4, 0.5) is 4.79 Å².